The van der Waals surface area contributed by atoms with Gasteiger partial charge in [0.25, 0.3) is 0 Å². The van der Waals surface area contributed by atoms with Crippen molar-refractivity contribution >= 4 is 11.6 Å². The van der Waals surface area contributed by atoms with E-state index in [1.165, 1.54) is 6.42 Å². The van der Waals surface area contributed by atoms with Crippen molar-refractivity contribution in [2.45, 2.75) is 39.7 Å². The zero-order valence-electron chi connectivity index (χ0n) is 12.8. The Morgan fingerprint density at radius 2 is 1.71 bits per heavy atom. The number of hydrogen-bond acceptors (Lipinski definition) is 5. The van der Waals surface area contributed by atoms with E-state index in [9.17, 15) is 0 Å². The van der Waals surface area contributed by atoms with Crippen LogP contribution in [0.4, 0.5) is 11.6 Å². The van der Waals surface area contributed by atoms with Crippen molar-refractivity contribution in [3.05, 3.63) is 41.0 Å². The van der Waals surface area contributed by atoms with Gasteiger partial charge >= 0.3 is 0 Å². The molecule has 0 bridgehead atoms. The van der Waals surface area contributed by atoms with Gasteiger partial charge in [0.05, 0.1) is 5.69 Å². The third-order valence-electron chi connectivity index (χ3n) is 3.63. The van der Waals surface area contributed by atoms with E-state index >= 15 is 0 Å². The maximum Gasteiger partial charge on any atom is 0.227 e. The first-order chi connectivity index (χ1) is 10.1. The van der Waals surface area contributed by atoms with Crippen LogP contribution in [0.3, 0.4) is 0 Å². The van der Waals surface area contributed by atoms with Gasteiger partial charge in [0, 0.05) is 28.8 Å². The molecular weight excluding hydrogens is 262 g/mol. The Hall–Kier alpha value is -2.01. The van der Waals surface area contributed by atoms with E-state index in [1.54, 1.807) is 0 Å². The van der Waals surface area contributed by atoms with Crippen LogP contribution in [0.15, 0.2) is 18.2 Å². The minimum absolute atomic E-state index is 0.366. The van der Waals surface area contributed by atoms with Gasteiger partial charge in [0.1, 0.15) is 0 Å². The molecule has 0 unspecified atom stereocenters. The van der Waals surface area contributed by atoms with E-state index in [0.717, 1.165) is 41.4 Å². The topological polar surface area (TPSA) is 62.7 Å². The SMILES string of the molecule is Cc1cc(Nc2nc(C)cc(C)n2)cc([C@H]2CCCN2)n1. The second-order valence-electron chi connectivity index (χ2n) is 5.67. The van der Waals surface area contributed by atoms with Gasteiger partial charge in [-0.1, -0.05) is 0 Å². The van der Waals surface area contributed by atoms with Crippen LogP contribution in [0.5, 0.6) is 0 Å². The largest absolute Gasteiger partial charge is 0.324 e. The molecule has 3 heterocycles. The lowest BCUT2D eigenvalue weighted by Gasteiger charge is -2.13. The summed E-state index contributed by atoms with van der Waals surface area (Å²) in [6.45, 7) is 7.05. The number of anilines is 2. The molecular formula is C16H21N5. The summed E-state index contributed by atoms with van der Waals surface area (Å²) in [6.07, 6.45) is 2.36. The van der Waals surface area contributed by atoms with Crippen molar-refractivity contribution in [2.75, 3.05) is 11.9 Å². The summed E-state index contributed by atoms with van der Waals surface area (Å²) in [4.78, 5) is 13.5. The van der Waals surface area contributed by atoms with Crippen LogP contribution in [-0.2, 0) is 0 Å². The summed E-state index contributed by atoms with van der Waals surface area (Å²) in [6, 6.07) is 6.46. The average Bonchev–Trinajstić information content (AvgIpc) is 2.90. The third kappa shape index (κ3) is 3.36. The fraction of sp³-hybridized carbons (Fsp3) is 0.438. The van der Waals surface area contributed by atoms with Crippen molar-refractivity contribution in [3.63, 3.8) is 0 Å². The van der Waals surface area contributed by atoms with Gasteiger partial charge in [-0.2, -0.15) is 0 Å². The van der Waals surface area contributed by atoms with Crippen LogP contribution < -0.4 is 10.6 Å². The maximum absolute atomic E-state index is 4.65. The van der Waals surface area contributed by atoms with E-state index in [1.807, 2.05) is 32.9 Å². The van der Waals surface area contributed by atoms with Gasteiger partial charge in [-0.3, -0.25) is 4.98 Å². The summed E-state index contributed by atoms with van der Waals surface area (Å²) in [5, 5.41) is 6.79. The normalized spacial score (nSPS) is 18.0. The summed E-state index contributed by atoms with van der Waals surface area (Å²) in [7, 11) is 0. The molecule has 5 nitrogen and oxygen atoms in total. The molecule has 110 valence electrons. The van der Waals surface area contributed by atoms with Crippen molar-refractivity contribution in [3.8, 4) is 0 Å². The number of rotatable bonds is 3. The molecule has 0 aromatic carbocycles. The van der Waals surface area contributed by atoms with Crippen LogP contribution in [0.2, 0.25) is 0 Å². The molecule has 3 rings (SSSR count). The molecule has 2 aromatic rings. The summed E-state index contributed by atoms with van der Waals surface area (Å²) in [5.41, 5.74) is 5.03. The molecule has 0 spiro atoms. The Balaban J connectivity index is 1.87. The average molecular weight is 283 g/mol. The molecule has 1 aliphatic heterocycles. The number of nitrogens with zero attached hydrogens (tertiary/aromatic N) is 3. The molecule has 1 atom stereocenters. The number of hydrogen-bond donors (Lipinski definition) is 2. The highest BCUT2D eigenvalue weighted by atomic mass is 15.1. The quantitative estimate of drug-likeness (QED) is 0.906. The molecule has 0 amide bonds. The molecule has 2 aromatic heterocycles. The Kier molecular flexibility index (Phi) is 3.84. The van der Waals surface area contributed by atoms with Crippen molar-refractivity contribution in [1.29, 1.82) is 0 Å². The van der Waals surface area contributed by atoms with E-state index in [-0.39, 0.29) is 0 Å². The smallest absolute Gasteiger partial charge is 0.227 e. The second kappa shape index (κ2) is 5.77. The van der Waals surface area contributed by atoms with Gasteiger partial charge in [-0.15, -0.1) is 0 Å². The van der Waals surface area contributed by atoms with Crippen LogP contribution in [0.25, 0.3) is 0 Å². The molecule has 0 radical (unpaired) electrons. The van der Waals surface area contributed by atoms with Gasteiger partial charge in [0.2, 0.25) is 5.95 Å². The Morgan fingerprint density at radius 1 is 1.00 bits per heavy atom. The van der Waals surface area contributed by atoms with Crippen LogP contribution >= 0.6 is 0 Å². The summed E-state index contributed by atoms with van der Waals surface area (Å²) < 4.78 is 0. The first-order valence-corrected chi connectivity index (χ1v) is 7.41. The fourth-order valence-corrected chi connectivity index (χ4v) is 2.79. The van der Waals surface area contributed by atoms with Crippen LogP contribution in [0, 0.1) is 20.8 Å². The summed E-state index contributed by atoms with van der Waals surface area (Å²) in [5.74, 6) is 0.642. The van der Waals surface area contributed by atoms with E-state index in [0.29, 0.717) is 12.0 Å². The third-order valence-corrected chi connectivity index (χ3v) is 3.63. The van der Waals surface area contributed by atoms with E-state index < -0.39 is 0 Å². The minimum atomic E-state index is 0.366. The highest BCUT2D eigenvalue weighted by Crippen LogP contribution is 2.25. The Morgan fingerprint density at radius 3 is 2.38 bits per heavy atom. The molecule has 0 aliphatic carbocycles. The number of nitrogens with one attached hydrogen (secondary N) is 2. The zero-order valence-corrected chi connectivity index (χ0v) is 12.8. The summed E-state index contributed by atoms with van der Waals surface area (Å²) >= 11 is 0. The number of aryl methyl sites for hydroxylation is 3. The second-order valence-corrected chi connectivity index (χ2v) is 5.67. The molecule has 0 saturated carbocycles. The minimum Gasteiger partial charge on any atom is -0.324 e. The van der Waals surface area contributed by atoms with Gasteiger partial charge in [0.15, 0.2) is 0 Å². The highest BCUT2D eigenvalue weighted by Gasteiger charge is 2.18. The highest BCUT2D eigenvalue weighted by molar-refractivity contribution is 5.54. The Labute approximate surface area is 125 Å². The van der Waals surface area contributed by atoms with E-state index in [2.05, 4.69) is 31.7 Å². The first-order valence-electron chi connectivity index (χ1n) is 7.41. The van der Waals surface area contributed by atoms with Crippen molar-refractivity contribution in [2.24, 2.45) is 0 Å². The van der Waals surface area contributed by atoms with Crippen LogP contribution in [0.1, 0.15) is 41.7 Å². The predicted octanol–water partition coefficient (Wildman–Crippen LogP) is 2.96. The lowest BCUT2D eigenvalue weighted by molar-refractivity contribution is 0.626. The molecule has 2 N–H and O–H groups in total. The maximum atomic E-state index is 4.65. The molecule has 1 aliphatic rings. The monoisotopic (exact) mass is 283 g/mol. The predicted molar refractivity (Wildman–Crippen MR) is 83.7 cm³/mol. The van der Waals surface area contributed by atoms with E-state index in [4.69, 9.17) is 0 Å². The molecule has 1 saturated heterocycles. The van der Waals surface area contributed by atoms with Gasteiger partial charge < -0.3 is 10.6 Å². The van der Waals surface area contributed by atoms with Gasteiger partial charge in [-0.25, -0.2) is 9.97 Å². The lowest BCUT2D eigenvalue weighted by Crippen LogP contribution is -2.15. The first kappa shape index (κ1) is 13.9. The van der Waals surface area contributed by atoms with Crippen LogP contribution in [-0.4, -0.2) is 21.5 Å². The standard InChI is InChI=1S/C16H21N5/c1-10-7-11(2)20-16(19-10)21-13-8-12(3)18-15(9-13)14-5-4-6-17-14/h7-9,14,17H,4-6H2,1-3H3,(H,18,19,20,21)/t14-/m1/s1. The van der Waals surface area contributed by atoms with Crippen molar-refractivity contribution < 1.29 is 0 Å². The van der Waals surface area contributed by atoms with Gasteiger partial charge in [-0.05, 0) is 58.4 Å². The molecule has 5 heteroatoms. The molecule has 1 fully saturated rings. The number of pyridine rings is 1. The fourth-order valence-electron chi connectivity index (χ4n) is 2.79. The van der Waals surface area contributed by atoms with Crippen molar-refractivity contribution in [1.82, 2.24) is 20.3 Å². The zero-order chi connectivity index (χ0) is 14.8. The Bertz CT molecular complexity index is 627. The lowest BCUT2D eigenvalue weighted by atomic mass is 10.1. The number of aromatic nitrogens is 3. The molecule has 21 heavy (non-hydrogen) atoms.